The maximum atomic E-state index is 12.4. The molecule has 0 saturated carbocycles. The molecule has 0 aromatic heterocycles. The van der Waals surface area contributed by atoms with Crippen molar-refractivity contribution in [3.63, 3.8) is 0 Å². The van der Waals surface area contributed by atoms with Gasteiger partial charge in [0.25, 0.3) is 5.91 Å². The number of hydrogen-bond acceptors (Lipinski definition) is 4. The Hall–Kier alpha value is -2.63. The number of para-hydroxylation sites is 2. The Bertz CT molecular complexity index is 800. The summed E-state index contributed by atoms with van der Waals surface area (Å²) in [5.74, 6) is 0.779. The second kappa shape index (κ2) is 8.84. The maximum absolute atomic E-state index is 12.4. The van der Waals surface area contributed by atoms with E-state index in [0.717, 1.165) is 16.9 Å². The van der Waals surface area contributed by atoms with E-state index in [1.54, 1.807) is 12.0 Å². The zero-order valence-electron chi connectivity index (χ0n) is 15.7. The van der Waals surface area contributed by atoms with Gasteiger partial charge in [-0.25, -0.2) is 0 Å². The normalized spacial score (nSPS) is 16.1. The van der Waals surface area contributed by atoms with Gasteiger partial charge in [-0.05, 0) is 36.2 Å². The summed E-state index contributed by atoms with van der Waals surface area (Å²) in [6, 6.07) is 15.4. The predicted octanol–water partition coefficient (Wildman–Crippen LogP) is 4.01. The molecule has 1 amide bonds. The van der Waals surface area contributed by atoms with E-state index in [0.29, 0.717) is 12.2 Å². The molecule has 0 radical (unpaired) electrons. The number of ether oxygens (including phenoxy) is 2. The van der Waals surface area contributed by atoms with Gasteiger partial charge < -0.3 is 14.6 Å². The first kappa shape index (κ1) is 19.1. The van der Waals surface area contributed by atoms with Crippen molar-refractivity contribution in [3.8, 4) is 5.75 Å². The van der Waals surface area contributed by atoms with E-state index < -0.39 is 0 Å². The standard InChI is InChI=1S/C22H25NO4/c1-16(7-5-6-14-24)22(26-2)17-10-12-18(13-11-17)23-19-8-3-4-9-20(19)27-15-21(23)25/h3-5,7-13,16,22,24H,6,14-15H2,1-2H3/b7-5+/t16-,22+/m1/s1. The topological polar surface area (TPSA) is 59.0 Å². The van der Waals surface area contributed by atoms with Crippen LogP contribution in [0, 0.1) is 5.92 Å². The lowest BCUT2D eigenvalue weighted by molar-refractivity contribution is -0.120. The number of aliphatic hydroxyl groups is 1. The summed E-state index contributed by atoms with van der Waals surface area (Å²) in [7, 11) is 1.69. The summed E-state index contributed by atoms with van der Waals surface area (Å²) in [6.45, 7) is 2.26. The molecule has 3 rings (SSSR count). The number of rotatable bonds is 7. The number of carbonyl (C=O) groups is 1. The quantitative estimate of drug-likeness (QED) is 0.752. The zero-order chi connectivity index (χ0) is 19.2. The number of carbonyl (C=O) groups excluding carboxylic acids is 1. The highest BCUT2D eigenvalue weighted by molar-refractivity contribution is 6.04. The first-order valence-corrected chi connectivity index (χ1v) is 9.10. The van der Waals surface area contributed by atoms with Crippen LogP contribution in [0.5, 0.6) is 5.75 Å². The van der Waals surface area contributed by atoms with E-state index in [9.17, 15) is 4.79 Å². The summed E-state index contributed by atoms with van der Waals surface area (Å²) in [4.78, 5) is 14.1. The molecule has 0 unspecified atom stereocenters. The number of hydrogen-bond donors (Lipinski definition) is 1. The highest BCUT2D eigenvalue weighted by Gasteiger charge is 2.27. The van der Waals surface area contributed by atoms with Crippen LogP contribution in [0.3, 0.4) is 0 Å². The van der Waals surface area contributed by atoms with Gasteiger partial charge in [-0.2, -0.15) is 0 Å². The maximum Gasteiger partial charge on any atom is 0.269 e. The Balaban J connectivity index is 1.84. The molecule has 0 aliphatic carbocycles. The van der Waals surface area contributed by atoms with E-state index in [-0.39, 0.29) is 31.1 Å². The van der Waals surface area contributed by atoms with Crippen LogP contribution in [0.25, 0.3) is 0 Å². The minimum atomic E-state index is -0.0957. The monoisotopic (exact) mass is 367 g/mol. The molecule has 2 aromatic rings. The van der Waals surface area contributed by atoms with E-state index in [1.807, 2.05) is 54.6 Å². The molecule has 27 heavy (non-hydrogen) atoms. The lowest BCUT2D eigenvalue weighted by Crippen LogP contribution is -2.35. The molecule has 1 aliphatic heterocycles. The molecular weight excluding hydrogens is 342 g/mol. The van der Waals surface area contributed by atoms with Crippen molar-refractivity contribution in [2.24, 2.45) is 5.92 Å². The molecule has 0 spiro atoms. The van der Waals surface area contributed by atoms with Gasteiger partial charge in [0.05, 0.1) is 11.8 Å². The van der Waals surface area contributed by atoms with Crippen LogP contribution in [0.4, 0.5) is 11.4 Å². The van der Waals surface area contributed by atoms with Crippen molar-refractivity contribution in [2.45, 2.75) is 19.4 Å². The molecule has 2 aromatic carbocycles. The molecule has 0 saturated heterocycles. The molecule has 0 bridgehead atoms. The summed E-state index contributed by atoms with van der Waals surface area (Å²) < 4.78 is 11.2. The number of nitrogens with zero attached hydrogens (tertiary/aromatic N) is 1. The van der Waals surface area contributed by atoms with Crippen molar-refractivity contribution in [1.82, 2.24) is 0 Å². The molecule has 5 nitrogen and oxygen atoms in total. The van der Waals surface area contributed by atoms with E-state index in [1.165, 1.54) is 0 Å². The summed E-state index contributed by atoms with van der Waals surface area (Å²) >= 11 is 0. The molecule has 1 aliphatic rings. The van der Waals surface area contributed by atoms with E-state index in [2.05, 4.69) is 13.0 Å². The Kier molecular flexibility index (Phi) is 6.27. The van der Waals surface area contributed by atoms with Crippen LogP contribution >= 0.6 is 0 Å². The van der Waals surface area contributed by atoms with Gasteiger partial charge in [0.15, 0.2) is 6.61 Å². The minimum absolute atomic E-state index is 0.0339. The minimum Gasteiger partial charge on any atom is -0.482 e. The highest BCUT2D eigenvalue weighted by atomic mass is 16.5. The highest BCUT2D eigenvalue weighted by Crippen LogP contribution is 2.37. The van der Waals surface area contributed by atoms with Crippen molar-refractivity contribution in [2.75, 3.05) is 25.2 Å². The first-order valence-electron chi connectivity index (χ1n) is 9.10. The SMILES string of the molecule is CO[C@H](c1ccc(N2C(=O)COc3ccccc32)cc1)[C@H](C)/C=C/CCO. The third kappa shape index (κ3) is 4.21. The second-order valence-electron chi connectivity index (χ2n) is 6.53. The van der Waals surface area contributed by atoms with Crippen LogP contribution in [0.15, 0.2) is 60.7 Å². The van der Waals surface area contributed by atoms with E-state index >= 15 is 0 Å². The summed E-state index contributed by atoms with van der Waals surface area (Å²) in [5, 5.41) is 8.91. The average molecular weight is 367 g/mol. The van der Waals surface area contributed by atoms with Gasteiger partial charge in [-0.1, -0.05) is 43.3 Å². The summed E-state index contributed by atoms with van der Waals surface area (Å²) in [6.07, 6.45) is 4.56. The third-order valence-electron chi connectivity index (χ3n) is 4.65. The molecular formula is C22H25NO4. The van der Waals surface area contributed by atoms with Crippen molar-refractivity contribution in [1.29, 1.82) is 0 Å². The van der Waals surface area contributed by atoms with Crippen LogP contribution in [0.1, 0.15) is 25.0 Å². The lowest BCUT2D eigenvalue weighted by atomic mass is 9.96. The van der Waals surface area contributed by atoms with Gasteiger partial charge in [0.2, 0.25) is 0 Å². The van der Waals surface area contributed by atoms with E-state index in [4.69, 9.17) is 14.6 Å². The van der Waals surface area contributed by atoms with Crippen molar-refractivity contribution in [3.05, 3.63) is 66.2 Å². The molecule has 2 atom stereocenters. The van der Waals surface area contributed by atoms with Gasteiger partial charge in [-0.15, -0.1) is 0 Å². The lowest BCUT2D eigenvalue weighted by Gasteiger charge is -2.29. The second-order valence-corrected chi connectivity index (χ2v) is 6.53. The van der Waals surface area contributed by atoms with Crippen LogP contribution in [-0.2, 0) is 9.53 Å². The van der Waals surface area contributed by atoms with Crippen molar-refractivity contribution >= 4 is 17.3 Å². The van der Waals surface area contributed by atoms with Crippen molar-refractivity contribution < 1.29 is 19.4 Å². The van der Waals surface area contributed by atoms with Gasteiger partial charge >= 0.3 is 0 Å². The number of aliphatic hydroxyl groups excluding tert-OH is 1. The number of methoxy groups -OCH3 is 1. The van der Waals surface area contributed by atoms with Gasteiger partial charge in [-0.3, -0.25) is 9.69 Å². The summed E-state index contributed by atoms with van der Waals surface area (Å²) in [5.41, 5.74) is 2.60. The third-order valence-corrected chi connectivity index (χ3v) is 4.65. The Morgan fingerprint density at radius 2 is 1.96 bits per heavy atom. The van der Waals surface area contributed by atoms with Gasteiger partial charge in [0, 0.05) is 25.3 Å². The molecule has 1 N–H and O–H groups in total. The van der Waals surface area contributed by atoms with Crippen LogP contribution in [-0.4, -0.2) is 31.3 Å². The Labute approximate surface area is 159 Å². The fraction of sp³-hybridized carbons (Fsp3) is 0.318. The largest absolute Gasteiger partial charge is 0.482 e. The molecule has 0 fully saturated rings. The Morgan fingerprint density at radius 3 is 2.67 bits per heavy atom. The predicted molar refractivity (Wildman–Crippen MR) is 105 cm³/mol. The smallest absolute Gasteiger partial charge is 0.269 e. The first-order chi connectivity index (χ1) is 13.2. The molecule has 142 valence electrons. The fourth-order valence-electron chi connectivity index (χ4n) is 3.34. The molecule has 5 heteroatoms. The average Bonchev–Trinajstić information content (AvgIpc) is 2.69. The van der Waals surface area contributed by atoms with Crippen LogP contribution < -0.4 is 9.64 Å². The van der Waals surface area contributed by atoms with Gasteiger partial charge in [0.1, 0.15) is 5.75 Å². The van der Waals surface area contributed by atoms with Crippen LogP contribution in [0.2, 0.25) is 0 Å². The zero-order valence-corrected chi connectivity index (χ0v) is 15.7. The Morgan fingerprint density at radius 1 is 1.22 bits per heavy atom. The number of benzene rings is 2. The number of fused-ring (bicyclic) bond motifs is 1. The number of amides is 1. The number of anilines is 2. The fourth-order valence-corrected chi connectivity index (χ4v) is 3.34. The molecule has 1 heterocycles.